The van der Waals surface area contributed by atoms with Gasteiger partial charge in [0.15, 0.2) is 5.82 Å². The number of nitrogens with zero attached hydrogens (tertiary/aromatic N) is 5. The molecule has 1 fully saturated rings. The fraction of sp³-hybridized carbons (Fsp3) is 0.571. The molecule has 8 heteroatoms. The molecule has 1 aliphatic rings. The molecule has 0 aliphatic carbocycles. The second kappa shape index (κ2) is 5.78. The first-order chi connectivity index (χ1) is 10.5. The van der Waals surface area contributed by atoms with Crippen molar-refractivity contribution >= 4 is 11.7 Å². The largest absolute Gasteiger partial charge is 0.339 e. The van der Waals surface area contributed by atoms with Gasteiger partial charge in [0.1, 0.15) is 0 Å². The van der Waals surface area contributed by atoms with Gasteiger partial charge in [0.05, 0.1) is 17.8 Å². The SMILES string of the molecule is Cc1noc(C2CCN(C(=O)Nc3cnn(C(C)C)c3)C2)n1. The van der Waals surface area contributed by atoms with E-state index in [1.54, 1.807) is 18.0 Å². The van der Waals surface area contributed by atoms with Crippen LogP contribution in [0.5, 0.6) is 0 Å². The highest BCUT2D eigenvalue weighted by Crippen LogP contribution is 2.26. The van der Waals surface area contributed by atoms with Crippen molar-refractivity contribution < 1.29 is 9.32 Å². The molecule has 118 valence electrons. The maximum Gasteiger partial charge on any atom is 0.321 e. The van der Waals surface area contributed by atoms with Gasteiger partial charge in [-0.1, -0.05) is 5.16 Å². The molecule has 3 heterocycles. The zero-order chi connectivity index (χ0) is 15.7. The number of carbonyl (C=O) groups is 1. The number of rotatable bonds is 3. The van der Waals surface area contributed by atoms with Gasteiger partial charge >= 0.3 is 6.03 Å². The van der Waals surface area contributed by atoms with Crippen molar-refractivity contribution in [2.75, 3.05) is 18.4 Å². The second-order valence-electron chi connectivity index (χ2n) is 5.84. The lowest BCUT2D eigenvalue weighted by Crippen LogP contribution is -2.32. The first-order valence-corrected chi connectivity index (χ1v) is 7.43. The van der Waals surface area contributed by atoms with Crippen molar-refractivity contribution in [3.05, 3.63) is 24.1 Å². The molecule has 1 aliphatic heterocycles. The zero-order valence-electron chi connectivity index (χ0n) is 13.0. The normalized spacial score (nSPS) is 18.2. The summed E-state index contributed by atoms with van der Waals surface area (Å²) in [6.07, 6.45) is 4.32. The molecular formula is C14H20N6O2. The summed E-state index contributed by atoms with van der Waals surface area (Å²) in [7, 11) is 0. The van der Waals surface area contributed by atoms with Crippen LogP contribution in [0.1, 0.15) is 43.9 Å². The highest BCUT2D eigenvalue weighted by Gasteiger charge is 2.31. The summed E-state index contributed by atoms with van der Waals surface area (Å²) < 4.78 is 7.00. The van der Waals surface area contributed by atoms with Crippen molar-refractivity contribution in [1.29, 1.82) is 0 Å². The Bertz CT molecular complexity index is 662. The molecule has 1 unspecified atom stereocenters. The minimum atomic E-state index is -0.123. The summed E-state index contributed by atoms with van der Waals surface area (Å²) in [5.41, 5.74) is 0.704. The van der Waals surface area contributed by atoms with E-state index in [4.69, 9.17) is 4.52 Å². The summed E-state index contributed by atoms with van der Waals surface area (Å²) in [5, 5.41) is 10.9. The average Bonchev–Trinajstić information content (AvgIpc) is 3.16. The van der Waals surface area contributed by atoms with Crippen LogP contribution in [0.25, 0.3) is 0 Å². The minimum Gasteiger partial charge on any atom is -0.339 e. The molecule has 2 aromatic rings. The van der Waals surface area contributed by atoms with Crippen LogP contribution in [0, 0.1) is 6.92 Å². The highest BCUT2D eigenvalue weighted by atomic mass is 16.5. The molecule has 1 N–H and O–H groups in total. The van der Waals surface area contributed by atoms with Crippen LogP contribution in [0.4, 0.5) is 10.5 Å². The van der Waals surface area contributed by atoms with E-state index in [0.717, 1.165) is 6.42 Å². The molecule has 0 aromatic carbocycles. The molecule has 2 amide bonds. The number of hydrogen-bond donors (Lipinski definition) is 1. The lowest BCUT2D eigenvalue weighted by atomic mass is 10.1. The smallest absolute Gasteiger partial charge is 0.321 e. The number of aryl methyl sites for hydroxylation is 1. The van der Waals surface area contributed by atoms with Gasteiger partial charge in [0.2, 0.25) is 5.89 Å². The standard InChI is InChI=1S/C14H20N6O2/c1-9(2)20-8-12(6-15-20)17-14(21)19-5-4-11(7-19)13-16-10(3)18-22-13/h6,8-9,11H,4-5,7H2,1-3H3,(H,17,21). The molecule has 0 spiro atoms. The van der Waals surface area contributed by atoms with Crippen molar-refractivity contribution in [1.82, 2.24) is 24.8 Å². The third-order valence-corrected chi connectivity index (χ3v) is 3.75. The molecule has 3 rings (SSSR count). The van der Waals surface area contributed by atoms with Gasteiger partial charge in [0, 0.05) is 25.3 Å². The number of anilines is 1. The van der Waals surface area contributed by atoms with Crippen LogP contribution in [0.2, 0.25) is 0 Å². The van der Waals surface area contributed by atoms with Crippen molar-refractivity contribution in [3.63, 3.8) is 0 Å². The van der Waals surface area contributed by atoms with Crippen LogP contribution in [-0.4, -0.2) is 43.9 Å². The monoisotopic (exact) mass is 304 g/mol. The van der Waals surface area contributed by atoms with Gasteiger partial charge in [-0.05, 0) is 27.2 Å². The Morgan fingerprint density at radius 1 is 1.50 bits per heavy atom. The van der Waals surface area contributed by atoms with Crippen LogP contribution >= 0.6 is 0 Å². The van der Waals surface area contributed by atoms with Gasteiger partial charge in [-0.15, -0.1) is 0 Å². The predicted octanol–water partition coefficient (Wildman–Crippen LogP) is 2.18. The van der Waals surface area contributed by atoms with E-state index in [-0.39, 0.29) is 18.0 Å². The summed E-state index contributed by atoms with van der Waals surface area (Å²) in [6.45, 7) is 7.13. The third kappa shape index (κ3) is 2.95. The van der Waals surface area contributed by atoms with Gasteiger partial charge in [-0.3, -0.25) is 4.68 Å². The summed E-state index contributed by atoms with van der Waals surface area (Å²) in [4.78, 5) is 18.3. The average molecular weight is 304 g/mol. The maximum atomic E-state index is 12.3. The molecule has 0 radical (unpaired) electrons. The van der Waals surface area contributed by atoms with Crippen molar-refractivity contribution in [3.8, 4) is 0 Å². The summed E-state index contributed by atoms with van der Waals surface area (Å²) in [5.74, 6) is 1.35. The number of likely N-dealkylation sites (tertiary alicyclic amines) is 1. The van der Waals surface area contributed by atoms with E-state index in [1.165, 1.54) is 0 Å². The van der Waals surface area contributed by atoms with E-state index >= 15 is 0 Å². The summed E-state index contributed by atoms with van der Waals surface area (Å²) >= 11 is 0. The van der Waals surface area contributed by atoms with E-state index in [9.17, 15) is 4.79 Å². The molecule has 8 nitrogen and oxygen atoms in total. The fourth-order valence-electron chi connectivity index (χ4n) is 2.51. The first-order valence-electron chi connectivity index (χ1n) is 7.43. The quantitative estimate of drug-likeness (QED) is 0.938. The molecule has 0 saturated carbocycles. The Morgan fingerprint density at radius 3 is 2.95 bits per heavy atom. The molecule has 2 aromatic heterocycles. The number of amides is 2. The Kier molecular flexibility index (Phi) is 3.82. The fourth-order valence-corrected chi connectivity index (χ4v) is 2.51. The number of urea groups is 1. The van der Waals surface area contributed by atoms with Gasteiger partial charge in [-0.2, -0.15) is 10.1 Å². The van der Waals surface area contributed by atoms with Crippen LogP contribution in [-0.2, 0) is 0 Å². The lowest BCUT2D eigenvalue weighted by molar-refractivity contribution is 0.221. The topological polar surface area (TPSA) is 89.1 Å². The molecule has 0 bridgehead atoms. The maximum absolute atomic E-state index is 12.3. The molecular weight excluding hydrogens is 284 g/mol. The van der Waals surface area contributed by atoms with E-state index < -0.39 is 0 Å². The van der Waals surface area contributed by atoms with E-state index in [1.807, 2.05) is 24.7 Å². The zero-order valence-corrected chi connectivity index (χ0v) is 13.0. The number of hydrogen-bond acceptors (Lipinski definition) is 5. The predicted molar refractivity (Wildman–Crippen MR) is 79.6 cm³/mol. The molecule has 1 saturated heterocycles. The summed E-state index contributed by atoms with van der Waals surface area (Å²) in [6, 6.07) is 0.143. The number of aromatic nitrogens is 4. The van der Waals surface area contributed by atoms with Crippen molar-refractivity contribution in [2.24, 2.45) is 0 Å². The van der Waals surface area contributed by atoms with Crippen LogP contribution in [0.15, 0.2) is 16.9 Å². The lowest BCUT2D eigenvalue weighted by Gasteiger charge is -2.15. The van der Waals surface area contributed by atoms with E-state index in [2.05, 4.69) is 20.6 Å². The van der Waals surface area contributed by atoms with Gasteiger partial charge in [0.25, 0.3) is 0 Å². The Hall–Kier alpha value is -2.38. The molecule has 22 heavy (non-hydrogen) atoms. The number of nitrogens with one attached hydrogen (secondary N) is 1. The first kappa shape index (κ1) is 14.6. The Balaban J connectivity index is 1.59. The highest BCUT2D eigenvalue weighted by molar-refractivity contribution is 5.89. The number of carbonyl (C=O) groups excluding carboxylic acids is 1. The molecule has 1 atom stereocenters. The third-order valence-electron chi connectivity index (χ3n) is 3.75. The second-order valence-corrected chi connectivity index (χ2v) is 5.84. The van der Waals surface area contributed by atoms with Gasteiger partial charge in [-0.25, -0.2) is 4.79 Å². The Labute approximate surface area is 128 Å². The van der Waals surface area contributed by atoms with Crippen LogP contribution in [0.3, 0.4) is 0 Å². The minimum absolute atomic E-state index is 0.116. The van der Waals surface area contributed by atoms with Crippen molar-refractivity contribution in [2.45, 2.75) is 39.2 Å². The Morgan fingerprint density at radius 2 is 2.32 bits per heavy atom. The van der Waals surface area contributed by atoms with E-state index in [0.29, 0.717) is 30.5 Å². The van der Waals surface area contributed by atoms with Crippen LogP contribution < -0.4 is 5.32 Å². The van der Waals surface area contributed by atoms with Gasteiger partial charge < -0.3 is 14.7 Å².